The zero-order valence-corrected chi connectivity index (χ0v) is 12.4. The number of methoxy groups -OCH3 is 1. The molecule has 0 amide bonds. The number of ether oxygens (including phenoxy) is 4. The molecule has 5 nitrogen and oxygen atoms in total. The normalized spacial score (nSPS) is 10.2. The van der Waals surface area contributed by atoms with E-state index in [2.05, 4.69) is 0 Å². The van der Waals surface area contributed by atoms with Gasteiger partial charge < -0.3 is 18.9 Å². The van der Waals surface area contributed by atoms with Gasteiger partial charge in [-0.2, -0.15) is 0 Å². The van der Waals surface area contributed by atoms with Crippen LogP contribution in [0.1, 0.15) is 17.3 Å². The van der Waals surface area contributed by atoms with Crippen LogP contribution < -0.4 is 9.47 Å². The highest BCUT2D eigenvalue weighted by molar-refractivity contribution is 6.18. The molecule has 0 heterocycles. The number of alkyl halides is 1. The third-order valence-electron chi connectivity index (χ3n) is 2.33. The number of benzene rings is 1. The van der Waals surface area contributed by atoms with Crippen LogP contribution in [0.4, 0.5) is 0 Å². The van der Waals surface area contributed by atoms with Crippen LogP contribution in [0.25, 0.3) is 0 Å². The maximum Gasteiger partial charge on any atom is 0.338 e. The van der Waals surface area contributed by atoms with Gasteiger partial charge in [-0.25, -0.2) is 4.79 Å². The monoisotopic (exact) mass is 302 g/mol. The van der Waals surface area contributed by atoms with Gasteiger partial charge >= 0.3 is 5.97 Å². The van der Waals surface area contributed by atoms with E-state index < -0.39 is 5.97 Å². The summed E-state index contributed by atoms with van der Waals surface area (Å²) >= 11 is 5.59. The van der Waals surface area contributed by atoms with E-state index in [1.54, 1.807) is 32.2 Å². The first-order chi connectivity index (χ1) is 9.72. The molecule has 0 aromatic heterocycles. The van der Waals surface area contributed by atoms with E-state index in [4.69, 9.17) is 30.5 Å². The maximum absolute atomic E-state index is 11.7. The molecular weight excluding hydrogens is 284 g/mol. The van der Waals surface area contributed by atoms with Crippen molar-refractivity contribution in [3.8, 4) is 11.5 Å². The van der Waals surface area contributed by atoms with Gasteiger partial charge in [-0.05, 0) is 25.1 Å². The third kappa shape index (κ3) is 5.27. The molecule has 0 N–H and O–H groups in total. The minimum Gasteiger partial charge on any atom is -0.488 e. The molecule has 1 aromatic carbocycles. The van der Waals surface area contributed by atoms with Gasteiger partial charge in [0.1, 0.15) is 13.2 Å². The van der Waals surface area contributed by atoms with E-state index in [1.165, 1.54) is 0 Å². The molecule has 0 saturated heterocycles. The van der Waals surface area contributed by atoms with Crippen molar-refractivity contribution in [2.75, 3.05) is 39.4 Å². The molecule has 1 rings (SSSR count). The SMILES string of the molecule is CCOC(=O)c1ccc(OCCCl)c(OCCOC)c1. The van der Waals surface area contributed by atoms with Crippen LogP contribution in [0, 0.1) is 0 Å². The maximum atomic E-state index is 11.7. The number of hydrogen-bond acceptors (Lipinski definition) is 5. The van der Waals surface area contributed by atoms with Crippen molar-refractivity contribution in [3.05, 3.63) is 23.8 Å². The lowest BCUT2D eigenvalue weighted by atomic mass is 10.2. The molecule has 112 valence electrons. The second kappa shape index (κ2) is 9.44. The standard InChI is InChI=1S/C14H19ClO5/c1-3-18-14(16)11-4-5-12(19-7-6-15)13(10-11)20-9-8-17-2/h4-5,10H,3,6-9H2,1-2H3. The van der Waals surface area contributed by atoms with Gasteiger partial charge in [0.2, 0.25) is 0 Å². The van der Waals surface area contributed by atoms with E-state index in [9.17, 15) is 4.79 Å². The summed E-state index contributed by atoms with van der Waals surface area (Å²) in [6.45, 7) is 3.24. The van der Waals surface area contributed by atoms with Gasteiger partial charge in [-0.15, -0.1) is 11.6 Å². The van der Waals surface area contributed by atoms with Crippen LogP contribution in [0.2, 0.25) is 0 Å². The van der Waals surface area contributed by atoms with Gasteiger partial charge in [0.25, 0.3) is 0 Å². The lowest BCUT2D eigenvalue weighted by Gasteiger charge is -2.13. The van der Waals surface area contributed by atoms with Crippen molar-refractivity contribution < 1.29 is 23.7 Å². The van der Waals surface area contributed by atoms with Gasteiger partial charge in [0.15, 0.2) is 11.5 Å². The summed E-state index contributed by atoms with van der Waals surface area (Å²) < 4.78 is 20.9. The van der Waals surface area contributed by atoms with Crippen LogP contribution in [0.5, 0.6) is 11.5 Å². The molecule has 0 fully saturated rings. The lowest BCUT2D eigenvalue weighted by molar-refractivity contribution is 0.0525. The topological polar surface area (TPSA) is 54.0 Å². The molecule has 0 spiro atoms. The van der Waals surface area contributed by atoms with Crippen molar-refractivity contribution >= 4 is 17.6 Å². The number of halogens is 1. The molecule has 0 bridgehead atoms. The molecule has 0 atom stereocenters. The van der Waals surface area contributed by atoms with E-state index in [1.807, 2.05) is 0 Å². The largest absolute Gasteiger partial charge is 0.488 e. The zero-order valence-electron chi connectivity index (χ0n) is 11.7. The molecule has 1 aromatic rings. The number of esters is 1. The first-order valence-corrected chi connectivity index (χ1v) is 6.88. The molecule has 0 aliphatic heterocycles. The van der Waals surface area contributed by atoms with Crippen molar-refractivity contribution in [2.45, 2.75) is 6.92 Å². The third-order valence-corrected chi connectivity index (χ3v) is 2.49. The van der Waals surface area contributed by atoms with Gasteiger partial charge in [0.05, 0.1) is 24.7 Å². The Bertz CT molecular complexity index is 422. The van der Waals surface area contributed by atoms with Crippen LogP contribution >= 0.6 is 11.6 Å². The van der Waals surface area contributed by atoms with E-state index in [0.29, 0.717) is 49.4 Å². The van der Waals surface area contributed by atoms with Gasteiger partial charge in [-0.1, -0.05) is 0 Å². The Balaban J connectivity index is 2.85. The average Bonchev–Trinajstić information content (AvgIpc) is 2.46. The lowest BCUT2D eigenvalue weighted by Crippen LogP contribution is -2.09. The van der Waals surface area contributed by atoms with Crippen LogP contribution in [0.15, 0.2) is 18.2 Å². The minimum atomic E-state index is -0.395. The number of carbonyl (C=O) groups excluding carboxylic acids is 1. The fourth-order valence-corrected chi connectivity index (χ4v) is 1.54. The second-order valence-electron chi connectivity index (χ2n) is 3.76. The highest BCUT2D eigenvalue weighted by Crippen LogP contribution is 2.28. The first-order valence-electron chi connectivity index (χ1n) is 6.34. The highest BCUT2D eigenvalue weighted by Gasteiger charge is 2.12. The van der Waals surface area contributed by atoms with Crippen molar-refractivity contribution in [2.24, 2.45) is 0 Å². The Morgan fingerprint density at radius 2 is 1.90 bits per heavy atom. The predicted molar refractivity (Wildman–Crippen MR) is 76.0 cm³/mol. The second-order valence-corrected chi connectivity index (χ2v) is 4.14. The molecule has 0 aliphatic carbocycles. The fourth-order valence-electron chi connectivity index (χ4n) is 1.46. The van der Waals surface area contributed by atoms with Crippen molar-refractivity contribution in [1.82, 2.24) is 0 Å². The van der Waals surface area contributed by atoms with Gasteiger partial charge in [-0.3, -0.25) is 0 Å². The zero-order chi connectivity index (χ0) is 14.8. The quantitative estimate of drug-likeness (QED) is 0.398. The van der Waals surface area contributed by atoms with Crippen LogP contribution in [-0.4, -0.2) is 45.4 Å². The number of carbonyl (C=O) groups is 1. The predicted octanol–water partition coefficient (Wildman–Crippen LogP) is 2.51. The highest BCUT2D eigenvalue weighted by atomic mass is 35.5. The number of hydrogen-bond donors (Lipinski definition) is 0. The summed E-state index contributed by atoms with van der Waals surface area (Å²) in [5, 5.41) is 0. The van der Waals surface area contributed by atoms with Crippen LogP contribution in [-0.2, 0) is 9.47 Å². The Labute approximate surface area is 123 Å². The first kappa shape index (κ1) is 16.6. The molecule has 0 aliphatic rings. The summed E-state index contributed by atoms with van der Waals surface area (Å²) in [6, 6.07) is 4.89. The molecular formula is C14H19ClO5. The molecule has 6 heteroatoms. The summed E-state index contributed by atoms with van der Waals surface area (Å²) in [5.41, 5.74) is 0.414. The Morgan fingerprint density at radius 1 is 1.15 bits per heavy atom. The number of rotatable bonds is 9. The van der Waals surface area contributed by atoms with Crippen LogP contribution in [0.3, 0.4) is 0 Å². The summed E-state index contributed by atoms with van der Waals surface area (Å²) in [5.74, 6) is 0.984. The Morgan fingerprint density at radius 3 is 2.55 bits per heavy atom. The van der Waals surface area contributed by atoms with E-state index >= 15 is 0 Å². The average molecular weight is 303 g/mol. The fraction of sp³-hybridized carbons (Fsp3) is 0.500. The summed E-state index contributed by atoms with van der Waals surface area (Å²) in [4.78, 5) is 11.7. The molecule has 0 radical (unpaired) electrons. The van der Waals surface area contributed by atoms with E-state index in [0.717, 1.165) is 0 Å². The minimum absolute atomic E-state index is 0.323. The smallest absolute Gasteiger partial charge is 0.338 e. The molecule has 20 heavy (non-hydrogen) atoms. The molecule has 0 unspecified atom stereocenters. The summed E-state index contributed by atoms with van der Waals surface area (Å²) in [7, 11) is 1.59. The summed E-state index contributed by atoms with van der Waals surface area (Å²) in [6.07, 6.45) is 0. The Hall–Kier alpha value is -1.46. The van der Waals surface area contributed by atoms with E-state index in [-0.39, 0.29) is 0 Å². The molecule has 0 saturated carbocycles. The van der Waals surface area contributed by atoms with Crippen molar-refractivity contribution in [3.63, 3.8) is 0 Å². The van der Waals surface area contributed by atoms with Crippen molar-refractivity contribution in [1.29, 1.82) is 0 Å². The van der Waals surface area contributed by atoms with Gasteiger partial charge in [0, 0.05) is 7.11 Å². The Kier molecular flexibility index (Phi) is 7.84.